The number of aromatic nitrogens is 2. The number of nitrogens with zero attached hydrogens (tertiary/aromatic N) is 4. The summed E-state index contributed by atoms with van der Waals surface area (Å²) < 4.78 is 0. The van der Waals surface area contributed by atoms with Crippen LogP contribution < -0.4 is 10.2 Å². The Morgan fingerprint density at radius 1 is 1.25 bits per heavy atom. The van der Waals surface area contributed by atoms with Gasteiger partial charge in [0.1, 0.15) is 0 Å². The van der Waals surface area contributed by atoms with Crippen molar-refractivity contribution in [2.45, 2.75) is 45.2 Å². The highest BCUT2D eigenvalue weighted by molar-refractivity contribution is 5.74. The van der Waals surface area contributed by atoms with Gasteiger partial charge in [0.05, 0.1) is 6.54 Å². The molecule has 2 bridgehead atoms. The van der Waals surface area contributed by atoms with E-state index in [0.29, 0.717) is 18.4 Å². The molecule has 1 N–H and O–H groups in total. The second-order valence-electron chi connectivity index (χ2n) is 7.72. The molecule has 1 aromatic rings. The van der Waals surface area contributed by atoms with E-state index in [1.165, 1.54) is 25.7 Å². The van der Waals surface area contributed by atoms with Crippen molar-refractivity contribution in [3.63, 3.8) is 0 Å². The van der Waals surface area contributed by atoms with Crippen LogP contribution in [0.4, 0.5) is 10.7 Å². The summed E-state index contributed by atoms with van der Waals surface area (Å²) in [4.78, 5) is 24.6. The van der Waals surface area contributed by atoms with Crippen LogP contribution in [-0.2, 0) is 6.54 Å². The summed E-state index contributed by atoms with van der Waals surface area (Å²) in [6.07, 6.45) is 8.97. The fourth-order valence-corrected chi connectivity index (χ4v) is 4.32. The van der Waals surface area contributed by atoms with Crippen LogP contribution in [0.3, 0.4) is 0 Å². The van der Waals surface area contributed by atoms with Gasteiger partial charge in [-0.3, -0.25) is 0 Å². The third-order valence-electron chi connectivity index (χ3n) is 5.64. The highest BCUT2D eigenvalue weighted by Crippen LogP contribution is 2.49. The normalized spacial score (nSPS) is 26.2. The van der Waals surface area contributed by atoms with Crippen molar-refractivity contribution < 1.29 is 4.79 Å². The molecule has 2 aliphatic rings. The van der Waals surface area contributed by atoms with Gasteiger partial charge in [0.25, 0.3) is 0 Å². The largest absolute Gasteiger partial charge is 0.347 e. The molecule has 3 rings (SSSR count). The van der Waals surface area contributed by atoms with Gasteiger partial charge in [0, 0.05) is 45.1 Å². The lowest BCUT2D eigenvalue weighted by molar-refractivity contribution is 0.190. The van der Waals surface area contributed by atoms with E-state index in [0.717, 1.165) is 17.4 Å². The van der Waals surface area contributed by atoms with Gasteiger partial charge in [-0.2, -0.15) is 0 Å². The number of anilines is 1. The summed E-state index contributed by atoms with van der Waals surface area (Å²) in [6.45, 7) is 2.68. The van der Waals surface area contributed by atoms with Crippen LogP contribution in [0.5, 0.6) is 0 Å². The summed E-state index contributed by atoms with van der Waals surface area (Å²) in [5.74, 6) is 3.06. The highest BCUT2D eigenvalue weighted by atomic mass is 16.2. The minimum atomic E-state index is -0.0121. The zero-order valence-electron chi connectivity index (χ0n) is 15.2. The predicted molar refractivity (Wildman–Crippen MR) is 94.8 cm³/mol. The molecule has 0 saturated heterocycles. The molecule has 2 aliphatic carbocycles. The van der Waals surface area contributed by atoms with Crippen molar-refractivity contribution in [2.75, 3.05) is 26.0 Å². The van der Waals surface area contributed by atoms with E-state index < -0.39 is 0 Å². The van der Waals surface area contributed by atoms with Gasteiger partial charge in [-0.15, -0.1) is 0 Å². The number of nitrogens with one attached hydrogen (secondary N) is 1. The SMILES string of the molecule is C[C@@H](NC(=O)N(C)Cc1cnc(N(C)C)nc1)[C@@H]1C[C@H]2CC[C@H]1C2. The zero-order chi connectivity index (χ0) is 17.3. The van der Waals surface area contributed by atoms with Crippen LogP contribution >= 0.6 is 0 Å². The molecule has 2 amide bonds. The summed E-state index contributed by atoms with van der Waals surface area (Å²) >= 11 is 0. The first-order valence-electron chi connectivity index (χ1n) is 8.94. The van der Waals surface area contributed by atoms with E-state index >= 15 is 0 Å². The minimum absolute atomic E-state index is 0.0121. The van der Waals surface area contributed by atoms with Crippen LogP contribution in [0.2, 0.25) is 0 Å². The van der Waals surface area contributed by atoms with E-state index in [1.807, 2.05) is 26.0 Å². The highest BCUT2D eigenvalue weighted by Gasteiger charge is 2.42. The molecule has 0 aliphatic heterocycles. The molecule has 1 heterocycles. The molecule has 6 heteroatoms. The van der Waals surface area contributed by atoms with Crippen LogP contribution in [0, 0.1) is 17.8 Å². The molecule has 0 spiro atoms. The van der Waals surface area contributed by atoms with Gasteiger partial charge >= 0.3 is 6.03 Å². The van der Waals surface area contributed by atoms with Gasteiger partial charge in [0.15, 0.2) is 0 Å². The zero-order valence-corrected chi connectivity index (χ0v) is 15.2. The molecule has 0 radical (unpaired) electrons. The molecule has 2 saturated carbocycles. The Morgan fingerprint density at radius 2 is 1.96 bits per heavy atom. The third kappa shape index (κ3) is 3.62. The first-order valence-corrected chi connectivity index (χ1v) is 8.94. The minimum Gasteiger partial charge on any atom is -0.347 e. The van der Waals surface area contributed by atoms with Crippen LogP contribution in [0.1, 0.15) is 38.2 Å². The Kier molecular flexibility index (Phi) is 4.92. The quantitative estimate of drug-likeness (QED) is 0.900. The molecule has 6 nitrogen and oxygen atoms in total. The fourth-order valence-electron chi connectivity index (χ4n) is 4.32. The second-order valence-corrected chi connectivity index (χ2v) is 7.72. The average molecular weight is 331 g/mol. The Balaban J connectivity index is 1.51. The molecule has 24 heavy (non-hydrogen) atoms. The van der Waals surface area contributed by atoms with Crippen LogP contribution in [0.15, 0.2) is 12.4 Å². The molecular formula is C18H29N5O. The van der Waals surface area contributed by atoms with E-state index in [9.17, 15) is 4.79 Å². The molecule has 2 fully saturated rings. The Bertz CT molecular complexity index is 573. The monoisotopic (exact) mass is 331 g/mol. The molecular weight excluding hydrogens is 302 g/mol. The predicted octanol–water partition coefficient (Wildman–Crippen LogP) is 2.51. The van der Waals surface area contributed by atoms with Crippen molar-refractivity contribution in [2.24, 2.45) is 17.8 Å². The van der Waals surface area contributed by atoms with Gasteiger partial charge in [0.2, 0.25) is 5.95 Å². The van der Waals surface area contributed by atoms with Crippen molar-refractivity contribution in [3.05, 3.63) is 18.0 Å². The van der Waals surface area contributed by atoms with Gasteiger partial charge in [-0.05, 0) is 43.9 Å². The second kappa shape index (κ2) is 6.95. The number of carbonyl (C=O) groups is 1. The Labute approximate surface area is 144 Å². The molecule has 0 unspecified atom stereocenters. The number of rotatable bonds is 5. The number of fused-ring (bicyclic) bond motifs is 2. The number of urea groups is 1. The van der Waals surface area contributed by atoms with Gasteiger partial charge in [-0.25, -0.2) is 14.8 Å². The molecule has 0 aromatic carbocycles. The lowest BCUT2D eigenvalue weighted by Crippen LogP contribution is -2.45. The lowest BCUT2D eigenvalue weighted by atomic mass is 9.84. The molecule has 132 valence electrons. The standard InChI is InChI=1S/C18H29N5O/c1-12(16-8-13-5-6-15(16)7-13)21-18(24)23(4)11-14-9-19-17(20-10-14)22(2)3/h9-10,12-13,15-16H,5-8,11H2,1-4H3,(H,21,24)/t12-,13+,15+,16+/m1/s1. The number of amides is 2. The van der Waals surface area contributed by atoms with E-state index in [-0.39, 0.29) is 12.1 Å². The maximum absolute atomic E-state index is 12.5. The summed E-state index contributed by atoms with van der Waals surface area (Å²) in [6, 6.07) is 0.240. The number of carbonyl (C=O) groups excluding carboxylic acids is 1. The van der Waals surface area contributed by atoms with Crippen molar-refractivity contribution in [3.8, 4) is 0 Å². The summed E-state index contributed by atoms with van der Waals surface area (Å²) in [5, 5.41) is 3.19. The Morgan fingerprint density at radius 3 is 2.50 bits per heavy atom. The summed E-state index contributed by atoms with van der Waals surface area (Å²) in [5.41, 5.74) is 0.936. The molecule has 1 aromatic heterocycles. The maximum atomic E-state index is 12.5. The third-order valence-corrected chi connectivity index (χ3v) is 5.64. The first kappa shape index (κ1) is 17.0. The number of hydrogen-bond donors (Lipinski definition) is 1. The smallest absolute Gasteiger partial charge is 0.317 e. The van der Waals surface area contributed by atoms with Crippen molar-refractivity contribution >= 4 is 12.0 Å². The first-order chi connectivity index (χ1) is 11.4. The van der Waals surface area contributed by atoms with E-state index in [1.54, 1.807) is 17.3 Å². The van der Waals surface area contributed by atoms with Crippen molar-refractivity contribution in [1.82, 2.24) is 20.2 Å². The maximum Gasteiger partial charge on any atom is 0.317 e. The van der Waals surface area contributed by atoms with E-state index in [4.69, 9.17) is 0 Å². The summed E-state index contributed by atoms with van der Waals surface area (Å²) in [7, 11) is 5.64. The lowest BCUT2D eigenvalue weighted by Gasteiger charge is -2.30. The molecule has 4 atom stereocenters. The Hall–Kier alpha value is -1.85. The topological polar surface area (TPSA) is 61.4 Å². The van der Waals surface area contributed by atoms with Gasteiger partial charge in [-0.1, -0.05) is 6.42 Å². The van der Waals surface area contributed by atoms with E-state index in [2.05, 4.69) is 22.2 Å². The van der Waals surface area contributed by atoms with Gasteiger partial charge < -0.3 is 15.1 Å². The average Bonchev–Trinajstić information content (AvgIpc) is 3.18. The van der Waals surface area contributed by atoms with Crippen LogP contribution in [0.25, 0.3) is 0 Å². The van der Waals surface area contributed by atoms with Crippen LogP contribution in [-0.4, -0.2) is 48.1 Å². The van der Waals surface area contributed by atoms with Crippen molar-refractivity contribution in [1.29, 1.82) is 0 Å². The fraction of sp³-hybridized carbons (Fsp3) is 0.722. The number of hydrogen-bond acceptors (Lipinski definition) is 4.